The highest BCUT2D eigenvalue weighted by Crippen LogP contribution is 2.14. The van der Waals surface area contributed by atoms with Crippen molar-refractivity contribution in [3.63, 3.8) is 0 Å². The number of carbonyl (C=O) groups excluding carboxylic acids is 1. The Morgan fingerprint density at radius 1 is 1.11 bits per heavy atom. The first-order valence-corrected chi connectivity index (χ1v) is 6.11. The summed E-state index contributed by atoms with van der Waals surface area (Å²) in [5.41, 5.74) is 6.67. The van der Waals surface area contributed by atoms with Gasteiger partial charge in [0, 0.05) is 24.5 Å². The molecule has 5 heteroatoms. The van der Waals surface area contributed by atoms with E-state index in [-0.39, 0.29) is 0 Å². The number of nitrogens with zero attached hydrogens (tertiary/aromatic N) is 3. The maximum atomic E-state index is 11.0. The van der Waals surface area contributed by atoms with Crippen LogP contribution in [0, 0.1) is 0 Å². The van der Waals surface area contributed by atoms with Crippen LogP contribution in [0.15, 0.2) is 48.8 Å². The van der Waals surface area contributed by atoms with Gasteiger partial charge in [0.25, 0.3) is 5.91 Å². The van der Waals surface area contributed by atoms with Crippen molar-refractivity contribution in [1.29, 1.82) is 0 Å². The average Bonchev–Trinajstić information content (AvgIpc) is 3.03. The molecule has 1 aromatic carbocycles. The molecular formula is C14H14N4O. The van der Waals surface area contributed by atoms with Crippen molar-refractivity contribution in [2.24, 2.45) is 5.73 Å². The summed E-state index contributed by atoms with van der Waals surface area (Å²) in [4.78, 5) is 11.0. The molecule has 3 aromatic rings. The standard InChI is InChI=1S/C14H14N4O/c15-14(19)12-6-8-18(16-12)10-9-17-7-5-11-3-1-2-4-13(11)17/h1-8H,9-10H2,(H2,15,19). The van der Waals surface area contributed by atoms with Crippen molar-refractivity contribution >= 4 is 16.8 Å². The van der Waals surface area contributed by atoms with Gasteiger partial charge in [-0.3, -0.25) is 9.48 Å². The maximum absolute atomic E-state index is 11.0. The number of primary amides is 1. The van der Waals surface area contributed by atoms with Crippen LogP contribution >= 0.6 is 0 Å². The van der Waals surface area contributed by atoms with Gasteiger partial charge in [0.05, 0.1) is 6.54 Å². The average molecular weight is 254 g/mol. The summed E-state index contributed by atoms with van der Waals surface area (Å²) < 4.78 is 3.90. The van der Waals surface area contributed by atoms with Gasteiger partial charge in [-0.05, 0) is 23.6 Å². The molecule has 0 unspecified atom stereocenters. The number of amides is 1. The Bertz CT molecular complexity index is 726. The van der Waals surface area contributed by atoms with Gasteiger partial charge >= 0.3 is 0 Å². The number of rotatable bonds is 4. The van der Waals surface area contributed by atoms with Crippen molar-refractivity contribution in [3.8, 4) is 0 Å². The van der Waals surface area contributed by atoms with Crippen molar-refractivity contribution in [1.82, 2.24) is 14.3 Å². The molecule has 0 spiro atoms. The van der Waals surface area contributed by atoms with Gasteiger partial charge in [-0.2, -0.15) is 5.10 Å². The number of aromatic nitrogens is 3. The predicted octanol–water partition coefficient (Wildman–Crippen LogP) is 1.64. The molecule has 0 atom stereocenters. The van der Waals surface area contributed by atoms with Crippen molar-refractivity contribution < 1.29 is 4.79 Å². The zero-order valence-corrected chi connectivity index (χ0v) is 10.4. The van der Waals surface area contributed by atoms with E-state index in [2.05, 4.69) is 34.1 Å². The van der Waals surface area contributed by atoms with Crippen LogP contribution in [0.3, 0.4) is 0 Å². The Labute approximate surface area is 110 Å². The number of benzene rings is 1. The quantitative estimate of drug-likeness (QED) is 0.769. The Morgan fingerprint density at radius 2 is 1.95 bits per heavy atom. The third-order valence-corrected chi connectivity index (χ3v) is 3.14. The van der Waals surface area contributed by atoms with Crippen LogP contribution in [0.5, 0.6) is 0 Å². The zero-order chi connectivity index (χ0) is 13.2. The third-order valence-electron chi connectivity index (χ3n) is 3.14. The van der Waals surface area contributed by atoms with Crippen molar-refractivity contribution in [2.75, 3.05) is 0 Å². The van der Waals surface area contributed by atoms with Crippen LogP contribution in [0.1, 0.15) is 10.5 Å². The largest absolute Gasteiger partial charge is 0.364 e. The van der Waals surface area contributed by atoms with E-state index in [9.17, 15) is 4.79 Å². The molecule has 5 nitrogen and oxygen atoms in total. The number of aryl methyl sites for hydroxylation is 2. The van der Waals surface area contributed by atoms with Gasteiger partial charge in [-0.15, -0.1) is 0 Å². The molecule has 19 heavy (non-hydrogen) atoms. The molecular weight excluding hydrogens is 240 g/mol. The number of carbonyl (C=O) groups is 1. The molecule has 3 rings (SSSR count). The fraction of sp³-hybridized carbons (Fsp3) is 0.143. The Kier molecular flexibility index (Phi) is 2.79. The molecule has 2 heterocycles. The first kappa shape index (κ1) is 11.5. The first-order valence-electron chi connectivity index (χ1n) is 6.11. The fourth-order valence-corrected chi connectivity index (χ4v) is 2.16. The van der Waals surface area contributed by atoms with Crippen LogP contribution in [-0.2, 0) is 13.1 Å². The minimum atomic E-state index is -0.495. The van der Waals surface area contributed by atoms with Gasteiger partial charge in [0.1, 0.15) is 5.69 Å². The van der Waals surface area contributed by atoms with E-state index >= 15 is 0 Å². The van der Waals surface area contributed by atoms with Crippen LogP contribution in [-0.4, -0.2) is 20.3 Å². The normalized spacial score (nSPS) is 10.9. The van der Waals surface area contributed by atoms with Crippen LogP contribution in [0.25, 0.3) is 10.9 Å². The number of nitrogens with two attached hydrogens (primary N) is 1. The fourth-order valence-electron chi connectivity index (χ4n) is 2.16. The molecule has 0 saturated heterocycles. The lowest BCUT2D eigenvalue weighted by Gasteiger charge is -2.05. The van der Waals surface area contributed by atoms with Crippen molar-refractivity contribution in [2.45, 2.75) is 13.1 Å². The van der Waals surface area contributed by atoms with Gasteiger partial charge in [-0.1, -0.05) is 18.2 Å². The lowest BCUT2D eigenvalue weighted by Crippen LogP contribution is -2.13. The molecule has 0 radical (unpaired) electrons. The summed E-state index contributed by atoms with van der Waals surface area (Å²) in [5.74, 6) is -0.495. The van der Waals surface area contributed by atoms with E-state index < -0.39 is 5.91 Å². The Balaban J connectivity index is 1.76. The van der Waals surface area contributed by atoms with Gasteiger partial charge in [0.15, 0.2) is 0 Å². The van der Waals surface area contributed by atoms with E-state index in [4.69, 9.17) is 5.73 Å². The van der Waals surface area contributed by atoms with E-state index in [0.29, 0.717) is 12.2 Å². The van der Waals surface area contributed by atoms with E-state index in [1.54, 1.807) is 16.9 Å². The van der Waals surface area contributed by atoms with Crippen LogP contribution < -0.4 is 5.73 Å². The van der Waals surface area contributed by atoms with Gasteiger partial charge in [0.2, 0.25) is 0 Å². The number of fused-ring (bicyclic) bond motifs is 1. The molecule has 96 valence electrons. The van der Waals surface area contributed by atoms with Gasteiger partial charge in [-0.25, -0.2) is 0 Å². The number of hydrogen-bond acceptors (Lipinski definition) is 2. The molecule has 0 bridgehead atoms. The second kappa shape index (κ2) is 4.61. The summed E-state index contributed by atoms with van der Waals surface area (Å²) in [6.07, 6.45) is 3.83. The summed E-state index contributed by atoms with van der Waals surface area (Å²) in [5, 5.41) is 5.34. The highest BCUT2D eigenvalue weighted by molar-refractivity contribution is 5.90. The Morgan fingerprint density at radius 3 is 2.74 bits per heavy atom. The lowest BCUT2D eigenvalue weighted by atomic mass is 10.2. The highest BCUT2D eigenvalue weighted by atomic mass is 16.1. The molecule has 0 aliphatic heterocycles. The molecule has 2 aromatic heterocycles. The number of para-hydroxylation sites is 1. The predicted molar refractivity (Wildman–Crippen MR) is 72.7 cm³/mol. The summed E-state index contributed by atoms with van der Waals surface area (Å²) >= 11 is 0. The monoisotopic (exact) mass is 254 g/mol. The third kappa shape index (κ3) is 2.22. The minimum Gasteiger partial charge on any atom is -0.364 e. The molecule has 2 N–H and O–H groups in total. The summed E-state index contributed by atoms with van der Waals surface area (Å²) in [6, 6.07) is 12.0. The van der Waals surface area contributed by atoms with Crippen molar-refractivity contribution in [3.05, 3.63) is 54.5 Å². The topological polar surface area (TPSA) is 65.8 Å². The number of hydrogen-bond donors (Lipinski definition) is 1. The van der Waals surface area contributed by atoms with Crippen LogP contribution in [0.2, 0.25) is 0 Å². The molecule has 0 fully saturated rings. The Hall–Kier alpha value is -2.56. The SMILES string of the molecule is NC(=O)c1ccn(CCn2ccc3ccccc32)n1. The smallest absolute Gasteiger partial charge is 0.269 e. The minimum absolute atomic E-state index is 0.303. The van der Waals surface area contributed by atoms with E-state index in [1.807, 2.05) is 12.1 Å². The zero-order valence-electron chi connectivity index (χ0n) is 10.4. The molecule has 0 aliphatic rings. The van der Waals surface area contributed by atoms with Crippen LogP contribution in [0.4, 0.5) is 0 Å². The second-order valence-electron chi connectivity index (χ2n) is 4.40. The van der Waals surface area contributed by atoms with E-state index in [1.165, 1.54) is 10.9 Å². The maximum Gasteiger partial charge on any atom is 0.269 e. The second-order valence-corrected chi connectivity index (χ2v) is 4.40. The highest BCUT2D eigenvalue weighted by Gasteiger charge is 2.05. The summed E-state index contributed by atoms with van der Waals surface area (Å²) in [6.45, 7) is 1.50. The van der Waals surface area contributed by atoms with Gasteiger partial charge < -0.3 is 10.3 Å². The molecule has 1 amide bonds. The van der Waals surface area contributed by atoms with E-state index in [0.717, 1.165) is 6.54 Å². The summed E-state index contributed by atoms with van der Waals surface area (Å²) in [7, 11) is 0. The first-order chi connectivity index (χ1) is 9.24. The lowest BCUT2D eigenvalue weighted by molar-refractivity contribution is 0.0994. The molecule has 0 aliphatic carbocycles. The molecule has 0 saturated carbocycles.